The third-order valence-corrected chi connectivity index (χ3v) is 0. The molecule has 0 aromatic heterocycles. The summed E-state index contributed by atoms with van der Waals surface area (Å²) in [6, 6.07) is 0. The molecule has 0 bridgehead atoms. The van der Waals surface area contributed by atoms with Gasteiger partial charge in [0.25, 0.3) is 0 Å². The van der Waals surface area contributed by atoms with Gasteiger partial charge in [0.05, 0.1) is 0 Å². The monoisotopic (exact) mass is 247 g/mol. The van der Waals surface area contributed by atoms with E-state index in [2.05, 4.69) is 0 Å². The van der Waals surface area contributed by atoms with Crippen molar-refractivity contribution in [1.82, 2.24) is 18.5 Å². The number of quaternary nitrogens is 3. The van der Waals surface area contributed by atoms with Crippen LogP contribution in [0.2, 0.25) is 0 Å². The summed E-state index contributed by atoms with van der Waals surface area (Å²) in [6.07, 6.45) is 0. The van der Waals surface area contributed by atoms with Crippen molar-refractivity contribution in [3.05, 3.63) is 0 Å². The lowest BCUT2D eigenvalue weighted by molar-refractivity contribution is 0.350. The van der Waals surface area contributed by atoms with Gasteiger partial charge in [-0.25, -0.2) is 0 Å². The van der Waals surface area contributed by atoms with Crippen LogP contribution in [-0.2, 0) is 20.8 Å². The third-order valence-electron chi connectivity index (χ3n) is 0. The predicted molar refractivity (Wildman–Crippen MR) is 40.0 cm³/mol. The van der Waals surface area contributed by atoms with Crippen LogP contribution in [0.3, 0.4) is 0 Å². The summed E-state index contributed by atoms with van der Waals surface area (Å²) in [6.45, 7) is 0. The molecular formula is H13N3O8S2. The quantitative estimate of drug-likeness (QED) is 0.335. The van der Waals surface area contributed by atoms with E-state index in [1.807, 2.05) is 0 Å². The van der Waals surface area contributed by atoms with Crippen LogP contribution in [0, 0.1) is 0 Å². The highest BCUT2D eigenvalue weighted by atomic mass is 32.3. The van der Waals surface area contributed by atoms with Crippen molar-refractivity contribution in [3.63, 3.8) is 0 Å². The van der Waals surface area contributed by atoms with E-state index in [1.54, 1.807) is 0 Å². The van der Waals surface area contributed by atoms with Crippen molar-refractivity contribution in [3.8, 4) is 0 Å². The van der Waals surface area contributed by atoms with Gasteiger partial charge in [-0.05, 0) is 0 Å². The summed E-state index contributed by atoms with van der Waals surface area (Å²) in [5, 5.41) is 0. The topological polar surface area (TPSA) is 270 Å². The molecule has 0 heterocycles. The summed E-state index contributed by atoms with van der Waals surface area (Å²) in [5.41, 5.74) is 0. The fourth-order valence-electron chi connectivity index (χ4n) is 0. The smallest absolute Gasteiger partial charge is 0.759 e. The van der Waals surface area contributed by atoms with E-state index in [4.69, 9.17) is 35.0 Å². The van der Waals surface area contributed by atoms with Crippen LogP contribution in [0.25, 0.3) is 0 Å². The molecule has 0 fully saturated rings. The van der Waals surface area contributed by atoms with Gasteiger partial charge >= 0.3 is 1.43 Å². The molecule has 0 atom stereocenters. The lowest BCUT2D eigenvalue weighted by Gasteiger charge is -2.06. The fourth-order valence-corrected chi connectivity index (χ4v) is 0. The van der Waals surface area contributed by atoms with Crippen LogP contribution < -0.4 is 18.5 Å². The highest BCUT2D eigenvalue weighted by Crippen LogP contribution is 1.58. The van der Waals surface area contributed by atoms with E-state index in [0.29, 0.717) is 0 Å². The molecular weight excluding hydrogens is 234 g/mol. The molecule has 0 aromatic carbocycles. The molecule has 0 saturated heterocycles. The molecule has 0 aliphatic carbocycles. The molecule has 88 valence electrons. The zero-order valence-electron chi connectivity index (χ0n) is 8.08. The van der Waals surface area contributed by atoms with Gasteiger partial charge in [-0.3, -0.25) is 16.8 Å². The molecule has 13 heteroatoms. The maximum absolute atomic E-state index is 8.52. The molecule has 12 N–H and O–H groups in total. The van der Waals surface area contributed by atoms with E-state index in [1.165, 1.54) is 0 Å². The van der Waals surface area contributed by atoms with Crippen molar-refractivity contribution >= 4 is 20.8 Å². The van der Waals surface area contributed by atoms with Crippen LogP contribution in [-0.4, -0.2) is 35.0 Å². The molecule has 0 aromatic rings. The Morgan fingerprint density at radius 3 is 0.615 bits per heavy atom. The first-order chi connectivity index (χ1) is 4.00. The maximum atomic E-state index is 8.52. The minimum atomic E-state index is -5.17. The number of hydrogen-bond donors (Lipinski definition) is 3. The maximum Gasteiger partial charge on any atom is 1.00 e. The molecule has 0 spiro atoms. The van der Waals surface area contributed by atoms with Crippen LogP contribution in [0.5, 0.6) is 0 Å². The van der Waals surface area contributed by atoms with Crippen LogP contribution in [0.1, 0.15) is 1.43 Å². The third kappa shape index (κ3) is 7450. The SMILES string of the molecule is O=S(=O)([O-])[O-].O=S(=O)([O-])[O-].[H+].[NH4+].[NH4+].[NH4+]. The minimum absolute atomic E-state index is 0. The fraction of sp³-hybridized carbons (Fsp3) is 0. The molecule has 0 saturated carbocycles. The van der Waals surface area contributed by atoms with Gasteiger partial charge < -0.3 is 36.7 Å². The summed E-state index contributed by atoms with van der Waals surface area (Å²) >= 11 is 0. The second kappa shape index (κ2) is 9.71. The van der Waals surface area contributed by atoms with Gasteiger partial charge in [0.1, 0.15) is 0 Å². The Balaban J connectivity index is -0.0000000178. The molecule has 0 rings (SSSR count). The summed E-state index contributed by atoms with van der Waals surface area (Å²) in [5.74, 6) is 0. The zero-order valence-corrected chi connectivity index (χ0v) is 8.72. The van der Waals surface area contributed by atoms with E-state index in [-0.39, 0.29) is 19.9 Å². The second-order valence-corrected chi connectivity index (χ2v) is 2.45. The molecule has 0 aliphatic heterocycles. The molecule has 0 amide bonds. The predicted octanol–water partition coefficient (Wildman–Crippen LogP) is -1.43. The molecule has 13 heavy (non-hydrogen) atoms. The average molecular weight is 247 g/mol. The number of hydrogen-bond acceptors (Lipinski definition) is 8. The van der Waals surface area contributed by atoms with Crippen LogP contribution in [0.15, 0.2) is 0 Å². The highest BCUT2D eigenvalue weighted by molar-refractivity contribution is 7.79. The van der Waals surface area contributed by atoms with Crippen molar-refractivity contribution in [2.45, 2.75) is 0 Å². The second-order valence-electron chi connectivity index (χ2n) is 0.816. The van der Waals surface area contributed by atoms with E-state index < -0.39 is 20.8 Å². The standard InChI is InChI=1S/3H3N.2H2O4S/c;;;2*1-5(2,3)4/h3*1H3;2*(H2,1,2,3,4). The van der Waals surface area contributed by atoms with E-state index in [0.717, 1.165) is 0 Å². The molecule has 0 unspecified atom stereocenters. The Hall–Kier alpha value is -0.380. The summed E-state index contributed by atoms with van der Waals surface area (Å²) in [7, 11) is -10.3. The molecule has 0 aliphatic rings. The van der Waals surface area contributed by atoms with Crippen molar-refractivity contribution in [2.24, 2.45) is 0 Å². The highest BCUT2D eigenvalue weighted by Gasteiger charge is 1.50. The van der Waals surface area contributed by atoms with Crippen molar-refractivity contribution < 1.29 is 36.5 Å². The first-order valence-electron chi connectivity index (χ1n) is 1.33. The average Bonchev–Trinajstić information content (AvgIpc) is 1.12. The van der Waals surface area contributed by atoms with Gasteiger partial charge in [0, 0.05) is 20.8 Å². The Labute approximate surface area is 76.5 Å². The van der Waals surface area contributed by atoms with Gasteiger partial charge in [-0.1, -0.05) is 0 Å². The first kappa shape index (κ1) is 29.3. The molecule has 11 nitrogen and oxygen atoms in total. The Morgan fingerprint density at radius 1 is 0.615 bits per heavy atom. The van der Waals surface area contributed by atoms with Gasteiger partial charge in [0.2, 0.25) is 0 Å². The van der Waals surface area contributed by atoms with Gasteiger partial charge in [0.15, 0.2) is 0 Å². The summed E-state index contributed by atoms with van der Waals surface area (Å²) < 4.78 is 68.2. The van der Waals surface area contributed by atoms with Crippen LogP contribution >= 0.6 is 0 Å². The van der Waals surface area contributed by atoms with Crippen molar-refractivity contribution in [1.29, 1.82) is 0 Å². The van der Waals surface area contributed by atoms with Gasteiger partial charge in [-0.2, -0.15) is 0 Å². The van der Waals surface area contributed by atoms with Crippen molar-refractivity contribution in [2.75, 3.05) is 0 Å². The van der Waals surface area contributed by atoms with E-state index in [9.17, 15) is 0 Å². The molecule has 0 radical (unpaired) electrons. The van der Waals surface area contributed by atoms with E-state index >= 15 is 0 Å². The largest absolute Gasteiger partial charge is 1.00 e. The Kier molecular flexibility index (Phi) is 21.9. The number of rotatable bonds is 0. The Morgan fingerprint density at radius 2 is 0.615 bits per heavy atom. The van der Waals surface area contributed by atoms with Crippen LogP contribution in [0.4, 0.5) is 0 Å². The van der Waals surface area contributed by atoms with Gasteiger partial charge in [-0.15, -0.1) is 0 Å². The Bertz CT molecular complexity index is 219. The summed E-state index contributed by atoms with van der Waals surface area (Å²) in [4.78, 5) is 0. The first-order valence-corrected chi connectivity index (χ1v) is 4.00. The lowest BCUT2D eigenvalue weighted by atomic mass is 14.0. The minimum Gasteiger partial charge on any atom is -0.759 e. The zero-order chi connectivity index (χ0) is 9.00. The lowest BCUT2D eigenvalue weighted by Crippen LogP contribution is -1.91. The normalized spacial score (nSPS) is 8.92.